The molecular weight excluding hydrogens is 240 g/mol. The Morgan fingerprint density at radius 3 is 2.78 bits per heavy atom. The van der Waals surface area contributed by atoms with E-state index in [9.17, 15) is 9.59 Å². The van der Waals surface area contributed by atoms with E-state index in [0.717, 1.165) is 0 Å². The molecule has 94 valence electrons. The molecule has 0 saturated carbocycles. The van der Waals surface area contributed by atoms with Gasteiger partial charge in [0.05, 0.1) is 12.7 Å². The highest BCUT2D eigenvalue weighted by atomic mass is 16.5. The second kappa shape index (κ2) is 4.74. The fourth-order valence-corrected chi connectivity index (χ4v) is 1.37. The van der Waals surface area contributed by atoms with Gasteiger partial charge >= 0.3 is 5.97 Å². The summed E-state index contributed by atoms with van der Waals surface area (Å²) in [6, 6.07) is 2.82. The van der Waals surface area contributed by atoms with Gasteiger partial charge in [-0.15, -0.1) is 0 Å². The summed E-state index contributed by atoms with van der Waals surface area (Å²) in [6.07, 6.45) is 1.31. The van der Waals surface area contributed by atoms with Gasteiger partial charge < -0.3 is 19.4 Å². The second-order valence-corrected chi connectivity index (χ2v) is 3.55. The van der Waals surface area contributed by atoms with E-state index in [4.69, 9.17) is 14.0 Å². The van der Waals surface area contributed by atoms with Crippen LogP contribution in [0, 0.1) is 6.92 Å². The van der Waals surface area contributed by atoms with Crippen LogP contribution in [0.2, 0.25) is 0 Å². The van der Waals surface area contributed by atoms with Gasteiger partial charge in [-0.1, -0.05) is 5.16 Å². The number of nitrogens with zero attached hydrogens (tertiary/aromatic N) is 1. The normalized spacial score (nSPS) is 10.3. The molecule has 0 aliphatic carbocycles. The smallest absolute Gasteiger partial charge is 0.371 e. The van der Waals surface area contributed by atoms with Crippen molar-refractivity contribution in [2.45, 2.75) is 13.5 Å². The van der Waals surface area contributed by atoms with Crippen molar-refractivity contribution in [2.24, 2.45) is 0 Å². The summed E-state index contributed by atoms with van der Waals surface area (Å²) in [5.74, 6) is -0.905. The highest BCUT2D eigenvalue weighted by molar-refractivity contribution is 5.94. The molecule has 0 atom stereocenters. The third-order valence-corrected chi connectivity index (χ3v) is 2.29. The Morgan fingerprint density at radius 1 is 1.44 bits per heavy atom. The number of amides is 1. The lowest BCUT2D eigenvalue weighted by atomic mass is 10.2. The fraction of sp³-hybridized carbons (Fsp3) is 0.182. The van der Waals surface area contributed by atoms with E-state index in [-0.39, 0.29) is 18.2 Å². The lowest BCUT2D eigenvalue weighted by Crippen LogP contribution is -2.22. The number of rotatable bonds is 4. The third-order valence-electron chi connectivity index (χ3n) is 2.29. The Balaban J connectivity index is 1.97. The van der Waals surface area contributed by atoms with Crippen LogP contribution in [0.3, 0.4) is 0 Å². The van der Waals surface area contributed by atoms with Crippen LogP contribution in [-0.4, -0.2) is 22.1 Å². The predicted octanol–water partition coefficient (Wildman–Crippen LogP) is 1.20. The molecule has 0 bridgehead atoms. The van der Waals surface area contributed by atoms with Gasteiger partial charge in [0.1, 0.15) is 17.1 Å². The molecule has 0 saturated heterocycles. The van der Waals surface area contributed by atoms with E-state index in [1.165, 1.54) is 18.3 Å². The Hall–Kier alpha value is -2.57. The van der Waals surface area contributed by atoms with E-state index in [2.05, 4.69) is 10.5 Å². The molecule has 0 radical (unpaired) electrons. The number of carbonyl (C=O) groups excluding carboxylic acids is 1. The predicted molar refractivity (Wildman–Crippen MR) is 58.1 cm³/mol. The number of carboxylic acid groups (broad SMARTS) is 1. The first-order chi connectivity index (χ1) is 8.58. The first kappa shape index (κ1) is 11.9. The lowest BCUT2D eigenvalue weighted by Gasteiger charge is -2.00. The monoisotopic (exact) mass is 250 g/mol. The first-order valence-electron chi connectivity index (χ1n) is 5.09. The average Bonchev–Trinajstić information content (AvgIpc) is 2.94. The van der Waals surface area contributed by atoms with E-state index in [0.29, 0.717) is 17.1 Å². The van der Waals surface area contributed by atoms with Crippen LogP contribution in [0.5, 0.6) is 0 Å². The third kappa shape index (κ3) is 2.40. The summed E-state index contributed by atoms with van der Waals surface area (Å²) < 4.78 is 9.75. The van der Waals surface area contributed by atoms with E-state index in [1.54, 1.807) is 6.92 Å². The van der Waals surface area contributed by atoms with Gasteiger partial charge in [0.2, 0.25) is 5.76 Å². The number of hydrogen-bond acceptors (Lipinski definition) is 5. The minimum absolute atomic E-state index is 0.0940. The molecule has 1 amide bonds. The number of hydrogen-bond donors (Lipinski definition) is 2. The largest absolute Gasteiger partial charge is 0.475 e. The highest BCUT2D eigenvalue weighted by Gasteiger charge is 2.14. The Bertz CT molecular complexity index is 584. The zero-order valence-corrected chi connectivity index (χ0v) is 9.47. The topological polar surface area (TPSA) is 106 Å². The molecule has 0 aromatic carbocycles. The van der Waals surface area contributed by atoms with Gasteiger partial charge in [0.15, 0.2) is 0 Å². The standard InChI is InChI=1S/C11H10N2O5/c1-6-8(5-13-18-6)10(14)12-4-7-2-3-9(17-7)11(15)16/h2-3,5H,4H2,1H3,(H,12,14)(H,15,16). The van der Waals surface area contributed by atoms with Gasteiger partial charge in [-0.3, -0.25) is 4.79 Å². The minimum atomic E-state index is -1.15. The van der Waals surface area contributed by atoms with Crippen molar-refractivity contribution in [3.8, 4) is 0 Å². The van der Waals surface area contributed by atoms with Gasteiger partial charge in [0, 0.05) is 0 Å². The molecule has 0 unspecified atom stereocenters. The molecule has 7 nitrogen and oxygen atoms in total. The Morgan fingerprint density at radius 2 is 2.22 bits per heavy atom. The second-order valence-electron chi connectivity index (χ2n) is 3.55. The minimum Gasteiger partial charge on any atom is -0.475 e. The Kier molecular flexibility index (Phi) is 3.13. The number of carboxylic acids is 1. The molecule has 0 spiro atoms. The number of aromatic carboxylic acids is 1. The Labute approximate surface area is 101 Å². The lowest BCUT2D eigenvalue weighted by molar-refractivity contribution is 0.0660. The van der Waals surface area contributed by atoms with Crippen LogP contribution in [0.25, 0.3) is 0 Å². The van der Waals surface area contributed by atoms with Gasteiger partial charge in [-0.25, -0.2) is 4.79 Å². The van der Waals surface area contributed by atoms with Crippen LogP contribution in [0.15, 0.2) is 27.3 Å². The van der Waals surface area contributed by atoms with Crippen molar-refractivity contribution in [1.29, 1.82) is 0 Å². The average molecular weight is 250 g/mol. The van der Waals surface area contributed by atoms with Crippen molar-refractivity contribution >= 4 is 11.9 Å². The SMILES string of the molecule is Cc1oncc1C(=O)NCc1ccc(C(=O)O)o1. The quantitative estimate of drug-likeness (QED) is 0.844. The molecule has 0 aliphatic heterocycles. The summed E-state index contributed by atoms with van der Waals surface area (Å²) in [7, 11) is 0. The van der Waals surface area contributed by atoms with E-state index in [1.807, 2.05) is 0 Å². The van der Waals surface area contributed by atoms with Crippen LogP contribution in [-0.2, 0) is 6.54 Å². The van der Waals surface area contributed by atoms with Gasteiger partial charge in [-0.2, -0.15) is 0 Å². The maximum atomic E-state index is 11.7. The van der Waals surface area contributed by atoms with Crippen molar-refractivity contribution in [2.75, 3.05) is 0 Å². The summed E-state index contributed by atoms with van der Waals surface area (Å²) in [6.45, 7) is 1.72. The van der Waals surface area contributed by atoms with Crippen molar-refractivity contribution in [3.05, 3.63) is 41.2 Å². The molecular formula is C11H10N2O5. The number of aryl methyl sites for hydroxylation is 1. The molecule has 0 fully saturated rings. The maximum absolute atomic E-state index is 11.7. The van der Waals surface area contributed by atoms with Crippen LogP contribution >= 0.6 is 0 Å². The van der Waals surface area contributed by atoms with Crippen molar-refractivity contribution in [3.63, 3.8) is 0 Å². The molecule has 0 aliphatic rings. The van der Waals surface area contributed by atoms with Crippen LogP contribution in [0.4, 0.5) is 0 Å². The van der Waals surface area contributed by atoms with Gasteiger partial charge in [-0.05, 0) is 19.1 Å². The summed E-state index contributed by atoms with van der Waals surface area (Å²) in [4.78, 5) is 22.3. The molecule has 18 heavy (non-hydrogen) atoms. The maximum Gasteiger partial charge on any atom is 0.371 e. The van der Waals surface area contributed by atoms with Crippen LogP contribution < -0.4 is 5.32 Å². The molecule has 2 aromatic heterocycles. The molecule has 2 rings (SSSR count). The number of carbonyl (C=O) groups is 2. The summed E-state index contributed by atoms with van der Waals surface area (Å²) >= 11 is 0. The molecule has 2 N–H and O–H groups in total. The summed E-state index contributed by atoms with van der Waals surface area (Å²) in [5.41, 5.74) is 0.333. The van der Waals surface area contributed by atoms with Crippen molar-refractivity contribution < 1.29 is 23.6 Å². The zero-order chi connectivity index (χ0) is 13.1. The van der Waals surface area contributed by atoms with Gasteiger partial charge in [0.25, 0.3) is 5.91 Å². The van der Waals surface area contributed by atoms with Crippen LogP contribution in [0.1, 0.15) is 32.4 Å². The molecule has 7 heteroatoms. The molecule has 2 aromatic rings. The van der Waals surface area contributed by atoms with E-state index < -0.39 is 5.97 Å². The highest BCUT2D eigenvalue weighted by Crippen LogP contribution is 2.09. The first-order valence-corrected chi connectivity index (χ1v) is 5.09. The number of nitrogens with one attached hydrogen (secondary N) is 1. The van der Waals surface area contributed by atoms with Crippen molar-refractivity contribution in [1.82, 2.24) is 10.5 Å². The fourth-order valence-electron chi connectivity index (χ4n) is 1.37. The zero-order valence-electron chi connectivity index (χ0n) is 9.47. The van der Waals surface area contributed by atoms with E-state index >= 15 is 0 Å². The number of aromatic nitrogens is 1. The number of furan rings is 1. The molecule has 2 heterocycles. The summed E-state index contributed by atoms with van der Waals surface area (Å²) in [5, 5.41) is 14.7.